The molecule has 0 aromatic carbocycles. The Morgan fingerprint density at radius 3 is 2.26 bits per heavy atom. The molecule has 0 atom stereocenters. The van der Waals surface area contributed by atoms with E-state index in [0.717, 1.165) is 39.4 Å². The Kier molecular flexibility index (Phi) is 4.31. The topological polar surface area (TPSA) is 30.3 Å². The smallest absolute Gasteiger partial charge is 0.0633 e. The Balaban J connectivity index is 2.05. The van der Waals surface area contributed by atoms with Gasteiger partial charge in [-0.2, -0.15) is 5.10 Å². The van der Waals surface area contributed by atoms with Crippen LogP contribution >= 0.6 is 0 Å². The standard InChI is InChI=1S/C15H27N3O/c1-12-14(15(3,4)5)13(2)18(16-12)7-6-17-8-10-19-11-9-17/h6-11H2,1-5H3. The molecule has 0 radical (unpaired) electrons. The quantitative estimate of drug-likeness (QED) is 0.839. The highest BCUT2D eigenvalue weighted by Crippen LogP contribution is 2.28. The van der Waals surface area contributed by atoms with Crippen molar-refractivity contribution in [2.24, 2.45) is 0 Å². The van der Waals surface area contributed by atoms with E-state index in [1.54, 1.807) is 0 Å². The molecule has 1 aromatic rings. The van der Waals surface area contributed by atoms with Crippen molar-refractivity contribution in [1.82, 2.24) is 14.7 Å². The van der Waals surface area contributed by atoms with Crippen LogP contribution in [0.15, 0.2) is 0 Å². The third-order valence-electron chi connectivity index (χ3n) is 3.86. The summed E-state index contributed by atoms with van der Waals surface area (Å²) in [7, 11) is 0. The van der Waals surface area contributed by atoms with Crippen molar-refractivity contribution in [3.05, 3.63) is 17.0 Å². The highest BCUT2D eigenvalue weighted by atomic mass is 16.5. The summed E-state index contributed by atoms with van der Waals surface area (Å²) < 4.78 is 7.55. The Morgan fingerprint density at radius 1 is 1.11 bits per heavy atom. The molecule has 0 saturated carbocycles. The van der Waals surface area contributed by atoms with Gasteiger partial charge in [0.25, 0.3) is 0 Å². The minimum Gasteiger partial charge on any atom is -0.379 e. The van der Waals surface area contributed by atoms with E-state index in [9.17, 15) is 0 Å². The largest absolute Gasteiger partial charge is 0.379 e. The van der Waals surface area contributed by atoms with E-state index in [0.29, 0.717) is 0 Å². The third kappa shape index (κ3) is 3.37. The second kappa shape index (κ2) is 5.63. The second-order valence-corrected chi connectivity index (χ2v) is 6.47. The normalized spacial score (nSPS) is 17.9. The molecular formula is C15H27N3O. The summed E-state index contributed by atoms with van der Waals surface area (Å²) in [6.07, 6.45) is 0. The minimum absolute atomic E-state index is 0.172. The zero-order valence-corrected chi connectivity index (χ0v) is 13.0. The number of aromatic nitrogens is 2. The van der Waals surface area contributed by atoms with Gasteiger partial charge in [0, 0.05) is 30.9 Å². The SMILES string of the molecule is Cc1nn(CCN2CCOCC2)c(C)c1C(C)(C)C. The van der Waals surface area contributed by atoms with Crippen molar-refractivity contribution in [2.75, 3.05) is 32.8 Å². The van der Waals surface area contributed by atoms with Crippen LogP contribution in [-0.2, 0) is 16.7 Å². The molecule has 0 N–H and O–H groups in total. The Bertz CT molecular complexity index is 425. The molecule has 4 nitrogen and oxygen atoms in total. The van der Waals surface area contributed by atoms with Crippen LogP contribution in [0.2, 0.25) is 0 Å². The van der Waals surface area contributed by atoms with Crippen molar-refractivity contribution in [2.45, 2.75) is 46.6 Å². The number of hydrogen-bond donors (Lipinski definition) is 0. The van der Waals surface area contributed by atoms with Crippen molar-refractivity contribution in [1.29, 1.82) is 0 Å². The predicted octanol–water partition coefficient (Wildman–Crippen LogP) is 2.13. The number of hydrogen-bond acceptors (Lipinski definition) is 3. The Morgan fingerprint density at radius 2 is 1.74 bits per heavy atom. The van der Waals surface area contributed by atoms with Crippen LogP contribution in [-0.4, -0.2) is 47.5 Å². The van der Waals surface area contributed by atoms with E-state index in [1.807, 2.05) is 0 Å². The van der Waals surface area contributed by atoms with Gasteiger partial charge in [0.15, 0.2) is 0 Å². The molecular weight excluding hydrogens is 238 g/mol. The maximum Gasteiger partial charge on any atom is 0.0633 e. The fraction of sp³-hybridized carbons (Fsp3) is 0.800. The zero-order chi connectivity index (χ0) is 14.0. The third-order valence-corrected chi connectivity index (χ3v) is 3.86. The number of ether oxygens (including phenoxy) is 1. The van der Waals surface area contributed by atoms with Gasteiger partial charge in [-0.15, -0.1) is 0 Å². The number of aryl methyl sites for hydroxylation is 1. The molecule has 19 heavy (non-hydrogen) atoms. The van der Waals surface area contributed by atoms with Gasteiger partial charge in [0.2, 0.25) is 0 Å². The molecule has 1 aliphatic heterocycles. The van der Waals surface area contributed by atoms with Gasteiger partial charge < -0.3 is 4.74 Å². The molecule has 1 aromatic heterocycles. The van der Waals surface area contributed by atoms with E-state index in [-0.39, 0.29) is 5.41 Å². The fourth-order valence-corrected chi connectivity index (χ4v) is 3.06. The van der Waals surface area contributed by atoms with E-state index in [2.05, 4.69) is 44.2 Å². The van der Waals surface area contributed by atoms with Gasteiger partial charge in [-0.3, -0.25) is 9.58 Å². The lowest BCUT2D eigenvalue weighted by atomic mass is 9.85. The van der Waals surface area contributed by atoms with Crippen LogP contribution in [0.1, 0.15) is 37.7 Å². The lowest BCUT2D eigenvalue weighted by Crippen LogP contribution is -2.38. The first-order chi connectivity index (χ1) is 8.89. The van der Waals surface area contributed by atoms with Crippen LogP contribution in [0.5, 0.6) is 0 Å². The number of nitrogens with zero attached hydrogens (tertiary/aromatic N) is 3. The summed E-state index contributed by atoms with van der Waals surface area (Å²) >= 11 is 0. The molecule has 0 amide bonds. The minimum atomic E-state index is 0.172. The van der Waals surface area contributed by atoms with E-state index in [1.165, 1.54) is 17.0 Å². The molecule has 0 bridgehead atoms. The number of morpholine rings is 1. The monoisotopic (exact) mass is 265 g/mol. The van der Waals surface area contributed by atoms with Crippen LogP contribution in [0.25, 0.3) is 0 Å². The lowest BCUT2D eigenvalue weighted by molar-refractivity contribution is 0.0359. The van der Waals surface area contributed by atoms with E-state index < -0.39 is 0 Å². The van der Waals surface area contributed by atoms with Gasteiger partial charge in [-0.25, -0.2) is 0 Å². The Labute approximate surface area is 116 Å². The average molecular weight is 265 g/mol. The van der Waals surface area contributed by atoms with E-state index in [4.69, 9.17) is 9.84 Å². The summed E-state index contributed by atoms with van der Waals surface area (Å²) in [5, 5.41) is 4.72. The van der Waals surface area contributed by atoms with E-state index >= 15 is 0 Å². The first-order valence-electron chi connectivity index (χ1n) is 7.24. The summed E-state index contributed by atoms with van der Waals surface area (Å²) in [5.74, 6) is 0. The molecule has 4 heteroatoms. The second-order valence-electron chi connectivity index (χ2n) is 6.47. The molecule has 1 saturated heterocycles. The molecule has 0 spiro atoms. The number of rotatable bonds is 3. The Hall–Kier alpha value is -0.870. The highest BCUT2D eigenvalue weighted by molar-refractivity contribution is 5.31. The predicted molar refractivity (Wildman–Crippen MR) is 77.7 cm³/mol. The summed E-state index contributed by atoms with van der Waals surface area (Å²) in [5.41, 5.74) is 4.06. The van der Waals surface area contributed by atoms with Crippen LogP contribution in [0.3, 0.4) is 0 Å². The first kappa shape index (κ1) is 14.5. The zero-order valence-electron chi connectivity index (χ0n) is 13.0. The van der Waals surface area contributed by atoms with Crippen LogP contribution in [0.4, 0.5) is 0 Å². The van der Waals surface area contributed by atoms with Crippen molar-refractivity contribution in [3.8, 4) is 0 Å². The summed E-state index contributed by atoms with van der Waals surface area (Å²) in [6, 6.07) is 0. The summed E-state index contributed by atoms with van der Waals surface area (Å²) in [4.78, 5) is 2.46. The van der Waals surface area contributed by atoms with Gasteiger partial charge >= 0.3 is 0 Å². The van der Waals surface area contributed by atoms with Gasteiger partial charge in [-0.1, -0.05) is 20.8 Å². The lowest BCUT2D eigenvalue weighted by Gasteiger charge is -2.26. The average Bonchev–Trinajstić information content (AvgIpc) is 2.62. The van der Waals surface area contributed by atoms with Crippen molar-refractivity contribution < 1.29 is 4.74 Å². The molecule has 0 aliphatic carbocycles. The molecule has 108 valence electrons. The molecule has 1 aliphatic rings. The van der Waals surface area contributed by atoms with Gasteiger partial charge in [0.05, 0.1) is 25.5 Å². The fourth-order valence-electron chi connectivity index (χ4n) is 3.06. The van der Waals surface area contributed by atoms with Gasteiger partial charge in [-0.05, 0) is 19.3 Å². The molecule has 2 heterocycles. The van der Waals surface area contributed by atoms with Gasteiger partial charge in [0.1, 0.15) is 0 Å². The highest BCUT2D eigenvalue weighted by Gasteiger charge is 2.23. The molecule has 0 unspecified atom stereocenters. The van der Waals surface area contributed by atoms with Crippen LogP contribution < -0.4 is 0 Å². The first-order valence-corrected chi connectivity index (χ1v) is 7.24. The van der Waals surface area contributed by atoms with Crippen LogP contribution in [0, 0.1) is 13.8 Å². The maximum absolute atomic E-state index is 5.38. The van der Waals surface area contributed by atoms with Crippen molar-refractivity contribution >= 4 is 0 Å². The molecule has 1 fully saturated rings. The van der Waals surface area contributed by atoms with Crippen molar-refractivity contribution in [3.63, 3.8) is 0 Å². The maximum atomic E-state index is 5.38. The summed E-state index contributed by atoms with van der Waals surface area (Å²) in [6.45, 7) is 17.0. The molecule has 2 rings (SSSR count).